The molecule has 3 rings (SSSR count). The second-order valence-corrected chi connectivity index (χ2v) is 6.17. The molecule has 0 amide bonds. The first-order valence-corrected chi connectivity index (χ1v) is 8.99. The highest BCUT2D eigenvalue weighted by Crippen LogP contribution is 2.17. The number of benzene rings is 2. The number of aliphatic hydroxyl groups is 1. The van der Waals surface area contributed by atoms with Crippen LogP contribution in [0.1, 0.15) is 11.1 Å². The highest BCUT2D eigenvalue weighted by atomic mass is 19.1. The van der Waals surface area contributed by atoms with Crippen LogP contribution in [0.15, 0.2) is 66.9 Å². The third kappa shape index (κ3) is 7.25. The predicted molar refractivity (Wildman–Crippen MR) is 109 cm³/mol. The molecule has 0 unspecified atom stereocenters. The number of allylic oxidation sites excluding steroid dienone is 1. The fraction of sp³-hybridized carbons (Fsp3) is 0.273. The summed E-state index contributed by atoms with van der Waals surface area (Å²) in [6, 6.07) is 14.9. The van der Waals surface area contributed by atoms with E-state index in [9.17, 15) is 4.39 Å². The minimum atomic E-state index is -0.255. The molecule has 2 aromatic rings. The first kappa shape index (κ1) is 20.7. The van der Waals surface area contributed by atoms with Crippen LogP contribution in [0.25, 0.3) is 6.08 Å². The Kier molecular flexibility index (Phi) is 8.55. The van der Waals surface area contributed by atoms with Crippen LogP contribution < -0.4 is 10.6 Å². The van der Waals surface area contributed by atoms with Gasteiger partial charge in [-0.1, -0.05) is 43.0 Å². The van der Waals surface area contributed by atoms with Gasteiger partial charge in [-0.25, -0.2) is 4.39 Å². The lowest BCUT2D eigenvalue weighted by molar-refractivity contribution is 0.122. The number of morpholine rings is 1. The van der Waals surface area contributed by atoms with E-state index in [4.69, 9.17) is 15.6 Å². The van der Waals surface area contributed by atoms with Crippen LogP contribution in [0.2, 0.25) is 0 Å². The molecule has 3 N–H and O–H groups in total. The van der Waals surface area contributed by atoms with Crippen LogP contribution in [0.3, 0.4) is 0 Å². The van der Waals surface area contributed by atoms with Gasteiger partial charge in [0, 0.05) is 36.6 Å². The lowest BCUT2D eigenvalue weighted by Gasteiger charge is -2.29. The van der Waals surface area contributed by atoms with Crippen molar-refractivity contribution in [3.8, 4) is 0 Å². The minimum Gasteiger partial charge on any atom is -0.399 e. The van der Waals surface area contributed by atoms with E-state index >= 15 is 0 Å². The standard InChI is InChI=1S/C12H17NO2.C10H10FN/c14-7-4-11-2-1-3-12(10-11)13-5-8-15-9-6-13;1-8(12)6-7-9-4-2-3-5-10(9)11/h1-3,10,14H,4-9H2;2-7H,1,12H2/b;7-6+. The number of anilines is 1. The number of aliphatic hydroxyl groups excluding tert-OH is 1. The molecule has 144 valence electrons. The average Bonchev–Trinajstić information content (AvgIpc) is 2.69. The molecule has 0 bridgehead atoms. The average molecular weight is 370 g/mol. The highest BCUT2D eigenvalue weighted by Gasteiger charge is 2.10. The SMILES string of the molecule is C=C(N)/C=C/c1ccccc1F.OCCc1cccc(N2CCOCC2)c1. The summed E-state index contributed by atoms with van der Waals surface area (Å²) in [5.74, 6) is -0.255. The van der Waals surface area contributed by atoms with E-state index in [0.29, 0.717) is 11.3 Å². The molecule has 0 radical (unpaired) electrons. The lowest BCUT2D eigenvalue weighted by atomic mass is 10.1. The number of nitrogens with zero attached hydrogens (tertiary/aromatic N) is 1. The van der Waals surface area contributed by atoms with Crippen molar-refractivity contribution in [2.24, 2.45) is 5.73 Å². The maximum absolute atomic E-state index is 12.9. The fourth-order valence-electron chi connectivity index (χ4n) is 2.67. The van der Waals surface area contributed by atoms with Crippen LogP contribution in [-0.4, -0.2) is 38.0 Å². The van der Waals surface area contributed by atoms with Crippen molar-refractivity contribution in [3.63, 3.8) is 0 Å². The van der Waals surface area contributed by atoms with Gasteiger partial charge in [0.1, 0.15) is 5.82 Å². The number of halogens is 1. The summed E-state index contributed by atoms with van der Waals surface area (Å²) in [6.45, 7) is 7.22. The van der Waals surface area contributed by atoms with E-state index in [1.807, 2.05) is 0 Å². The van der Waals surface area contributed by atoms with E-state index < -0.39 is 0 Å². The van der Waals surface area contributed by atoms with Crippen molar-refractivity contribution in [3.05, 3.63) is 83.8 Å². The van der Waals surface area contributed by atoms with Crippen LogP contribution in [0.5, 0.6) is 0 Å². The topological polar surface area (TPSA) is 58.7 Å². The zero-order valence-electron chi connectivity index (χ0n) is 15.5. The van der Waals surface area contributed by atoms with Gasteiger partial charge >= 0.3 is 0 Å². The van der Waals surface area contributed by atoms with E-state index in [2.05, 4.69) is 35.7 Å². The highest BCUT2D eigenvalue weighted by molar-refractivity contribution is 5.52. The van der Waals surface area contributed by atoms with Crippen molar-refractivity contribution in [2.75, 3.05) is 37.8 Å². The summed E-state index contributed by atoms with van der Waals surface area (Å²) in [5, 5.41) is 8.89. The number of rotatable bonds is 5. The molecule has 0 aromatic heterocycles. The maximum atomic E-state index is 12.9. The Morgan fingerprint density at radius 2 is 1.93 bits per heavy atom. The molecular weight excluding hydrogens is 343 g/mol. The molecule has 2 aromatic carbocycles. The molecule has 1 heterocycles. The van der Waals surface area contributed by atoms with E-state index in [1.165, 1.54) is 17.3 Å². The van der Waals surface area contributed by atoms with Crippen molar-refractivity contribution < 1.29 is 14.2 Å². The Morgan fingerprint density at radius 1 is 1.19 bits per heavy atom. The first-order chi connectivity index (χ1) is 13.1. The monoisotopic (exact) mass is 370 g/mol. The van der Waals surface area contributed by atoms with Crippen molar-refractivity contribution in [1.29, 1.82) is 0 Å². The summed E-state index contributed by atoms with van der Waals surface area (Å²) in [6.07, 6.45) is 3.90. The number of hydrogen-bond donors (Lipinski definition) is 2. The van der Waals surface area contributed by atoms with Crippen LogP contribution in [0, 0.1) is 5.82 Å². The van der Waals surface area contributed by atoms with Crippen molar-refractivity contribution in [1.82, 2.24) is 0 Å². The van der Waals surface area contributed by atoms with E-state index in [1.54, 1.807) is 30.4 Å². The molecule has 27 heavy (non-hydrogen) atoms. The minimum absolute atomic E-state index is 0.215. The van der Waals surface area contributed by atoms with Crippen LogP contribution in [0.4, 0.5) is 10.1 Å². The van der Waals surface area contributed by atoms with Crippen LogP contribution >= 0.6 is 0 Å². The Labute approximate surface area is 160 Å². The molecule has 1 saturated heterocycles. The second-order valence-electron chi connectivity index (χ2n) is 6.17. The zero-order chi connectivity index (χ0) is 19.5. The molecule has 1 aliphatic heterocycles. The Balaban J connectivity index is 0.000000199. The normalized spacial score (nSPS) is 13.9. The smallest absolute Gasteiger partial charge is 0.130 e. The van der Waals surface area contributed by atoms with Gasteiger partial charge in [-0.15, -0.1) is 0 Å². The molecule has 1 fully saturated rings. The van der Waals surface area contributed by atoms with Gasteiger partial charge in [0.25, 0.3) is 0 Å². The van der Waals surface area contributed by atoms with Crippen molar-refractivity contribution in [2.45, 2.75) is 6.42 Å². The summed E-state index contributed by atoms with van der Waals surface area (Å²) < 4.78 is 18.2. The molecule has 0 atom stereocenters. The van der Waals surface area contributed by atoms with Gasteiger partial charge in [0.15, 0.2) is 0 Å². The van der Waals surface area contributed by atoms with Gasteiger partial charge < -0.3 is 20.5 Å². The Morgan fingerprint density at radius 3 is 2.59 bits per heavy atom. The molecule has 0 saturated carbocycles. The van der Waals surface area contributed by atoms with Gasteiger partial charge in [-0.05, 0) is 36.3 Å². The Bertz CT molecular complexity index is 755. The molecule has 0 aliphatic carbocycles. The molecule has 1 aliphatic rings. The number of nitrogens with two attached hydrogens (primary N) is 1. The maximum Gasteiger partial charge on any atom is 0.130 e. The summed E-state index contributed by atoms with van der Waals surface area (Å²) in [5.41, 5.74) is 8.66. The zero-order valence-corrected chi connectivity index (χ0v) is 15.5. The van der Waals surface area contributed by atoms with Crippen LogP contribution in [-0.2, 0) is 11.2 Å². The lowest BCUT2D eigenvalue weighted by Crippen LogP contribution is -2.36. The number of ether oxygens (including phenoxy) is 1. The molecular formula is C22H27FN2O2. The summed E-state index contributed by atoms with van der Waals surface area (Å²) >= 11 is 0. The third-order valence-corrected chi connectivity index (χ3v) is 4.07. The molecule has 5 heteroatoms. The quantitative estimate of drug-likeness (QED) is 0.793. The van der Waals surface area contributed by atoms with Gasteiger partial charge in [-0.2, -0.15) is 0 Å². The largest absolute Gasteiger partial charge is 0.399 e. The molecule has 0 spiro atoms. The fourth-order valence-corrected chi connectivity index (χ4v) is 2.67. The summed E-state index contributed by atoms with van der Waals surface area (Å²) in [7, 11) is 0. The van der Waals surface area contributed by atoms with E-state index in [0.717, 1.165) is 32.7 Å². The van der Waals surface area contributed by atoms with E-state index in [-0.39, 0.29) is 12.4 Å². The molecule has 4 nitrogen and oxygen atoms in total. The van der Waals surface area contributed by atoms with Gasteiger partial charge in [0.2, 0.25) is 0 Å². The van der Waals surface area contributed by atoms with Gasteiger partial charge in [0.05, 0.1) is 13.2 Å². The van der Waals surface area contributed by atoms with Crippen molar-refractivity contribution >= 4 is 11.8 Å². The third-order valence-electron chi connectivity index (χ3n) is 4.07. The second kappa shape index (κ2) is 11.2. The van der Waals surface area contributed by atoms with Gasteiger partial charge in [-0.3, -0.25) is 0 Å². The summed E-state index contributed by atoms with van der Waals surface area (Å²) in [4.78, 5) is 2.32. The predicted octanol–water partition coefficient (Wildman–Crippen LogP) is 3.37. The Hall–Kier alpha value is -2.63. The number of hydrogen-bond acceptors (Lipinski definition) is 4. The first-order valence-electron chi connectivity index (χ1n) is 8.99.